The fourth-order valence-electron chi connectivity index (χ4n) is 5.13. The van der Waals surface area contributed by atoms with Crippen molar-refractivity contribution >= 4 is 60.8 Å². The molecule has 212 valence electrons. The van der Waals surface area contributed by atoms with Gasteiger partial charge in [0.25, 0.3) is 15.9 Å². The zero-order chi connectivity index (χ0) is 28.0. The number of hydrogen-bond donors (Lipinski definition) is 1. The van der Waals surface area contributed by atoms with Crippen molar-refractivity contribution in [3.8, 4) is 0 Å². The van der Waals surface area contributed by atoms with Gasteiger partial charge in [0.1, 0.15) is 9.97 Å². The van der Waals surface area contributed by atoms with E-state index in [1.807, 2.05) is 0 Å². The average Bonchev–Trinajstić information content (AvgIpc) is 3.57. The number of piperazine rings is 1. The zero-order valence-electron chi connectivity index (χ0n) is 21.3. The summed E-state index contributed by atoms with van der Waals surface area (Å²) in [6, 6.07) is 6.06. The first-order chi connectivity index (χ1) is 19.2. The van der Waals surface area contributed by atoms with E-state index >= 15 is 0 Å². The van der Waals surface area contributed by atoms with Crippen LogP contribution in [0.1, 0.15) is 28.6 Å². The van der Waals surface area contributed by atoms with Crippen LogP contribution in [0.4, 0.5) is 0 Å². The summed E-state index contributed by atoms with van der Waals surface area (Å²) in [7, 11) is -3.91. The minimum absolute atomic E-state index is 0.0114. The molecular formula is C25H26ClN5O7S2. The maximum atomic E-state index is 13.7. The van der Waals surface area contributed by atoms with Gasteiger partial charge in [0.15, 0.2) is 0 Å². The number of nitrogens with zero attached hydrogens (tertiary/aromatic N) is 4. The van der Waals surface area contributed by atoms with E-state index in [1.165, 1.54) is 9.21 Å². The maximum Gasteiger partial charge on any atom is 0.310 e. The van der Waals surface area contributed by atoms with Gasteiger partial charge < -0.3 is 24.3 Å². The van der Waals surface area contributed by atoms with Crippen molar-refractivity contribution in [2.45, 2.75) is 29.6 Å². The predicted octanol–water partition coefficient (Wildman–Crippen LogP) is 1.48. The van der Waals surface area contributed by atoms with Crippen LogP contribution in [-0.2, 0) is 37.3 Å². The number of benzene rings is 1. The van der Waals surface area contributed by atoms with Crippen molar-refractivity contribution in [1.29, 1.82) is 0 Å². The van der Waals surface area contributed by atoms with E-state index in [0.717, 1.165) is 21.4 Å². The average molecular weight is 608 g/mol. The molecule has 2 fully saturated rings. The molecule has 3 aliphatic heterocycles. The Morgan fingerprint density at radius 2 is 1.95 bits per heavy atom. The van der Waals surface area contributed by atoms with Crippen molar-refractivity contribution in [3.05, 3.63) is 46.6 Å². The van der Waals surface area contributed by atoms with E-state index < -0.39 is 22.0 Å². The number of rotatable bonds is 5. The van der Waals surface area contributed by atoms with Crippen molar-refractivity contribution in [2.75, 3.05) is 45.9 Å². The van der Waals surface area contributed by atoms with Crippen LogP contribution in [0.5, 0.6) is 0 Å². The number of halogens is 1. The summed E-state index contributed by atoms with van der Waals surface area (Å²) < 4.78 is 40.7. The lowest BCUT2D eigenvalue weighted by atomic mass is 10.1. The molecule has 1 N–H and O–H groups in total. The molecular weight excluding hydrogens is 582 g/mol. The molecule has 2 aromatic heterocycles. The predicted molar refractivity (Wildman–Crippen MR) is 144 cm³/mol. The molecule has 1 aromatic carbocycles. The number of carbonyl (C=O) groups excluding carboxylic acids is 3. The van der Waals surface area contributed by atoms with Gasteiger partial charge in [-0.05, 0) is 23.6 Å². The van der Waals surface area contributed by atoms with E-state index in [2.05, 4.69) is 10.3 Å². The molecule has 5 heterocycles. The second-order valence-corrected chi connectivity index (χ2v) is 13.5. The summed E-state index contributed by atoms with van der Waals surface area (Å²) in [5.41, 5.74) is 0.402. The highest BCUT2D eigenvalue weighted by atomic mass is 35.5. The van der Waals surface area contributed by atoms with Gasteiger partial charge in [0.2, 0.25) is 11.8 Å². The SMILES string of the molecule is O=C1Cc2nc(C(=O)N3CCN(S(=O)(=O)c4cc5ccc(Cl)cc5s4)CC3CC(=O)N3CCOCC3)oc2CN1. The van der Waals surface area contributed by atoms with Gasteiger partial charge >= 0.3 is 5.91 Å². The first-order valence-corrected chi connectivity index (χ1v) is 15.4. The van der Waals surface area contributed by atoms with Gasteiger partial charge in [0, 0.05) is 48.9 Å². The summed E-state index contributed by atoms with van der Waals surface area (Å²) in [5, 5.41) is 3.93. The Labute approximate surface area is 238 Å². The Hall–Kier alpha value is -3.04. The zero-order valence-corrected chi connectivity index (χ0v) is 23.7. The summed E-state index contributed by atoms with van der Waals surface area (Å²) in [6.45, 7) is 1.85. The molecule has 1 unspecified atom stereocenters. The minimum atomic E-state index is -3.91. The van der Waals surface area contributed by atoms with Crippen molar-refractivity contribution in [2.24, 2.45) is 0 Å². The smallest absolute Gasteiger partial charge is 0.310 e. The van der Waals surface area contributed by atoms with Crippen molar-refractivity contribution in [3.63, 3.8) is 0 Å². The van der Waals surface area contributed by atoms with Gasteiger partial charge in [-0.2, -0.15) is 4.31 Å². The minimum Gasteiger partial charge on any atom is -0.435 e. The largest absolute Gasteiger partial charge is 0.435 e. The van der Waals surface area contributed by atoms with E-state index in [9.17, 15) is 22.8 Å². The van der Waals surface area contributed by atoms with Crippen LogP contribution >= 0.6 is 22.9 Å². The second kappa shape index (κ2) is 10.7. The third kappa shape index (κ3) is 5.21. The summed E-state index contributed by atoms with van der Waals surface area (Å²) in [6.07, 6.45) is -0.0578. The van der Waals surface area contributed by atoms with Crippen LogP contribution < -0.4 is 5.32 Å². The highest BCUT2D eigenvalue weighted by Gasteiger charge is 2.40. The first kappa shape index (κ1) is 27.1. The maximum absolute atomic E-state index is 13.7. The first-order valence-electron chi connectivity index (χ1n) is 12.8. The number of sulfonamides is 1. The summed E-state index contributed by atoms with van der Waals surface area (Å²) in [5.74, 6) is -0.715. The molecule has 3 aromatic rings. The molecule has 2 saturated heterocycles. The third-order valence-electron chi connectivity index (χ3n) is 7.27. The van der Waals surface area contributed by atoms with Crippen LogP contribution in [0, 0.1) is 0 Å². The molecule has 0 bridgehead atoms. The fourth-order valence-corrected chi connectivity index (χ4v) is 8.43. The number of hydrogen-bond acceptors (Lipinski definition) is 9. The highest BCUT2D eigenvalue weighted by Crippen LogP contribution is 2.34. The Bertz CT molecular complexity index is 1600. The van der Waals surface area contributed by atoms with Crippen LogP contribution in [-0.4, -0.2) is 97.2 Å². The molecule has 3 aliphatic rings. The number of nitrogens with one attached hydrogen (secondary N) is 1. The molecule has 3 amide bonds. The topological polar surface area (TPSA) is 142 Å². The molecule has 0 spiro atoms. The lowest BCUT2D eigenvalue weighted by Gasteiger charge is -2.40. The van der Waals surface area contributed by atoms with Gasteiger partial charge in [-0.3, -0.25) is 14.4 Å². The van der Waals surface area contributed by atoms with Crippen LogP contribution in [0.2, 0.25) is 5.02 Å². The van der Waals surface area contributed by atoms with E-state index in [-0.39, 0.29) is 60.9 Å². The normalized spacial score (nSPS) is 20.4. The standard InChI is InChI=1S/C25H26ClN5O7S2/c26-16-2-1-15-9-23(39-20(15)10-16)40(35,36)30-3-4-31(17(14-30)11-22(33)29-5-7-37-8-6-29)25(34)24-28-18-12-21(32)27-13-19(18)38-24/h1-2,9-10,17H,3-8,11-14H2,(H,27,32). The van der Waals surface area contributed by atoms with E-state index in [0.29, 0.717) is 42.8 Å². The lowest BCUT2D eigenvalue weighted by Crippen LogP contribution is -2.58. The summed E-state index contributed by atoms with van der Waals surface area (Å²) >= 11 is 7.22. The van der Waals surface area contributed by atoms with E-state index in [1.54, 1.807) is 29.2 Å². The van der Waals surface area contributed by atoms with Crippen molar-refractivity contribution in [1.82, 2.24) is 24.4 Å². The summed E-state index contributed by atoms with van der Waals surface area (Å²) in [4.78, 5) is 45.9. The molecule has 0 radical (unpaired) electrons. The monoisotopic (exact) mass is 607 g/mol. The lowest BCUT2D eigenvalue weighted by molar-refractivity contribution is -0.136. The molecule has 0 aliphatic carbocycles. The molecule has 12 nitrogen and oxygen atoms in total. The number of ether oxygens (including phenoxy) is 1. The second-order valence-electron chi connectivity index (χ2n) is 9.80. The highest BCUT2D eigenvalue weighted by molar-refractivity contribution is 7.91. The number of aromatic nitrogens is 1. The van der Waals surface area contributed by atoms with Gasteiger partial charge in [-0.1, -0.05) is 17.7 Å². The molecule has 6 rings (SSSR count). The quantitative estimate of drug-likeness (QED) is 0.460. The number of fused-ring (bicyclic) bond motifs is 2. The van der Waals surface area contributed by atoms with Crippen LogP contribution in [0.25, 0.3) is 10.1 Å². The molecule has 1 atom stereocenters. The number of oxazole rings is 1. The van der Waals surface area contributed by atoms with Crippen LogP contribution in [0.3, 0.4) is 0 Å². The van der Waals surface area contributed by atoms with Gasteiger partial charge in [-0.15, -0.1) is 11.3 Å². The van der Waals surface area contributed by atoms with Crippen molar-refractivity contribution < 1.29 is 32.0 Å². The number of amides is 3. The fraction of sp³-hybridized carbons (Fsp3) is 0.440. The van der Waals surface area contributed by atoms with Gasteiger partial charge in [-0.25, -0.2) is 13.4 Å². The van der Waals surface area contributed by atoms with Crippen LogP contribution in [0.15, 0.2) is 32.9 Å². The molecule has 0 saturated carbocycles. The van der Waals surface area contributed by atoms with E-state index in [4.69, 9.17) is 20.8 Å². The molecule has 15 heteroatoms. The number of thiophene rings is 1. The Morgan fingerprint density at radius 3 is 2.75 bits per heavy atom. The Kier molecular flexibility index (Phi) is 7.29. The van der Waals surface area contributed by atoms with Gasteiger partial charge in [0.05, 0.1) is 37.9 Å². The number of carbonyl (C=O) groups is 3. The molecule has 40 heavy (non-hydrogen) atoms. The Morgan fingerprint density at radius 1 is 1.15 bits per heavy atom. The Balaban J connectivity index is 1.27. The third-order valence-corrected chi connectivity index (χ3v) is 10.9. The number of morpholine rings is 1.